The quantitative estimate of drug-likeness (QED) is 0.557. The second kappa shape index (κ2) is 9.39. The molecule has 6 nitrogen and oxygen atoms in total. The summed E-state index contributed by atoms with van der Waals surface area (Å²) in [6, 6.07) is 4.91. The van der Waals surface area contributed by atoms with Crippen LogP contribution in [0.4, 0.5) is 26.3 Å². The number of halogens is 6. The van der Waals surface area contributed by atoms with Crippen LogP contribution in [-0.4, -0.2) is 54.4 Å². The number of hydrogen-bond donors (Lipinski definition) is 1. The molecule has 0 bridgehead atoms. The Morgan fingerprint density at radius 3 is 1.86 bits per heavy atom. The smallest absolute Gasteiger partial charge is 0.433 e. The minimum atomic E-state index is -4.39. The second-order valence-electron chi connectivity index (χ2n) is 10.7. The van der Waals surface area contributed by atoms with Crippen molar-refractivity contribution in [3.05, 3.63) is 53.6 Å². The van der Waals surface area contributed by atoms with Gasteiger partial charge in [0.2, 0.25) is 0 Å². The predicted octanol–water partition coefficient (Wildman–Crippen LogP) is 5.07. The number of pyridine rings is 2. The van der Waals surface area contributed by atoms with E-state index in [2.05, 4.69) is 15.3 Å². The van der Waals surface area contributed by atoms with Crippen LogP contribution in [-0.2, 0) is 17.2 Å². The number of aromatic nitrogens is 2. The molecule has 2 aliphatic carbocycles. The van der Waals surface area contributed by atoms with Crippen molar-refractivity contribution in [2.24, 2.45) is 10.8 Å². The molecule has 4 heterocycles. The van der Waals surface area contributed by atoms with Gasteiger partial charge in [0.1, 0.15) is 23.2 Å². The molecule has 2 saturated carbocycles. The Bertz CT molecular complexity index is 1060. The molecular weight excluding hydrogens is 502 g/mol. The molecule has 2 aromatic rings. The standard InChI is InChI=1S/C13H15F3N2O.C12H13F3N2O/c1-19-18-7-12(8-18)4-10(5-12)9-2-3-11(17-6-9)13(14,15)16;13-12(14,15)10-2-1-8(5-17-10)18-9-3-11(4-9)6-16-7-11/h2-3,6,10H,4-5,7-8H2,1H3;1-2,5,9,16H,3-4,6-7H2. The number of alkyl halides is 6. The average Bonchev–Trinajstić information content (AvgIpc) is 2.73. The fraction of sp³-hybridized carbons (Fsp3) is 0.600. The highest BCUT2D eigenvalue weighted by Crippen LogP contribution is 2.56. The molecule has 12 heteroatoms. The van der Waals surface area contributed by atoms with Crippen LogP contribution in [0.3, 0.4) is 0 Å². The van der Waals surface area contributed by atoms with Gasteiger partial charge in [-0.1, -0.05) is 6.07 Å². The number of nitrogens with zero attached hydrogens (tertiary/aromatic N) is 3. The molecule has 4 fully saturated rings. The van der Waals surface area contributed by atoms with Crippen LogP contribution in [0.25, 0.3) is 0 Å². The number of hydroxylamine groups is 2. The predicted molar refractivity (Wildman–Crippen MR) is 120 cm³/mol. The molecule has 0 unspecified atom stereocenters. The van der Waals surface area contributed by atoms with Gasteiger partial charge >= 0.3 is 12.4 Å². The van der Waals surface area contributed by atoms with E-state index >= 15 is 0 Å². The van der Waals surface area contributed by atoms with Gasteiger partial charge in [0.25, 0.3) is 0 Å². The summed E-state index contributed by atoms with van der Waals surface area (Å²) in [5.74, 6) is 0.754. The SMILES string of the molecule is CON1CC2(CC(c3ccc(C(F)(F)F)nc3)C2)C1.FC(F)(F)c1ccc(OC2CC3(CNC3)C2)cn1. The lowest BCUT2D eigenvalue weighted by molar-refractivity contribution is -0.254. The monoisotopic (exact) mass is 530 g/mol. The van der Waals surface area contributed by atoms with Gasteiger partial charge in [-0.3, -0.25) is 4.98 Å². The molecule has 37 heavy (non-hydrogen) atoms. The second-order valence-corrected chi connectivity index (χ2v) is 10.7. The van der Waals surface area contributed by atoms with Crippen molar-refractivity contribution in [1.82, 2.24) is 20.3 Å². The van der Waals surface area contributed by atoms with Crippen molar-refractivity contribution in [1.29, 1.82) is 0 Å². The molecule has 0 atom stereocenters. The summed E-state index contributed by atoms with van der Waals surface area (Å²) in [4.78, 5) is 12.0. The number of nitrogens with one attached hydrogen (secondary N) is 1. The van der Waals surface area contributed by atoms with Crippen LogP contribution in [0.5, 0.6) is 5.75 Å². The Balaban J connectivity index is 0.000000152. The van der Waals surface area contributed by atoms with Crippen LogP contribution in [0.1, 0.15) is 48.6 Å². The van der Waals surface area contributed by atoms with Gasteiger partial charge in [0.15, 0.2) is 0 Å². The average molecular weight is 531 g/mol. The first-order valence-corrected chi connectivity index (χ1v) is 12.1. The van der Waals surface area contributed by atoms with E-state index in [1.54, 1.807) is 13.2 Å². The summed E-state index contributed by atoms with van der Waals surface area (Å²) in [5, 5.41) is 5.12. The largest absolute Gasteiger partial charge is 0.489 e. The number of rotatable bonds is 4. The normalized spacial score (nSPS) is 24.2. The van der Waals surface area contributed by atoms with Crippen LogP contribution in [0.15, 0.2) is 36.7 Å². The summed E-state index contributed by atoms with van der Waals surface area (Å²) in [6.45, 7) is 3.90. The first kappa shape index (κ1) is 26.2. The molecule has 2 aliphatic heterocycles. The maximum absolute atomic E-state index is 12.4. The maximum Gasteiger partial charge on any atom is 0.433 e. The summed E-state index contributed by atoms with van der Waals surface area (Å²) in [7, 11) is 1.66. The third-order valence-electron chi connectivity index (χ3n) is 7.84. The highest BCUT2D eigenvalue weighted by Gasteiger charge is 2.53. The van der Waals surface area contributed by atoms with E-state index in [9.17, 15) is 26.3 Å². The molecule has 4 aliphatic rings. The number of hydrogen-bond acceptors (Lipinski definition) is 6. The highest BCUT2D eigenvalue weighted by molar-refractivity contribution is 5.25. The third kappa shape index (κ3) is 5.56. The molecule has 0 aromatic carbocycles. The summed E-state index contributed by atoms with van der Waals surface area (Å²) >= 11 is 0. The van der Waals surface area contributed by atoms with Crippen molar-refractivity contribution in [2.75, 3.05) is 33.3 Å². The fourth-order valence-electron chi connectivity index (χ4n) is 5.69. The van der Waals surface area contributed by atoms with Crippen molar-refractivity contribution in [3.63, 3.8) is 0 Å². The van der Waals surface area contributed by atoms with Gasteiger partial charge in [0, 0.05) is 43.2 Å². The van der Waals surface area contributed by atoms with Crippen LogP contribution >= 0.6 is 0 Å². The molecule has 6 rings (SSSR count). The van der Waals surface area contributed by atoms with Gasteiger partial charge in [-0.15, -0.1) is 0 Å². The molecule has 2 aromatic heterocycles. The summed E-state index contributed by atoms with van der Waals surface area (Å²) in [5.41, 5.74) is -0.0787. The van der Waals surface area contributed by atoms with Gasteiger partial charge in [-0.2, -0.15) is 31.4 Å². The highest BCUT2D eigenvalue weighted by atomic mass is 19.4. The third-order valence-corrected chi connectivity index (χ3v) is 7.84. The molecular formula is C25H28F6N4O2. The first-order valence-electron chi connectivity index (χ1n) is 12.1. The maximum atomic E-state index is 12.4. The molecule has 1 N–H and O–H groups in total. The van der Waals surface area contributed by atoms with Crippen LogP contribution < -0.4 is 10.1 Å². The van der Waals surface area contributed by atoms with E-state index in [4.69, 9.17) is 9.57 Å². The fourth-order valence-corrected chi connectivity index (χ4v) is 5.69. The zero-order chi connectivity index (χ0) is 26.5. The lowest BCUT2D eigenvalue weighted by Gasteiger charge is -2.58. The van der Waals surface area contributed by atoms with E-state index in [-0.39, 0.29) is 6.10 Å². The Hall–Kier alpha value is -2.44. The molecule has 2 spiro atoms. The van der Waals surface area contributed by atoms with Gasteiger partial charge in [0.05, 0.1) is 13.3 Å². The minimum Gasteiger partial charge on any atom is -0.489 e. The first-order chi connectivity index (χ1) is 17.4. The van der Waals surface area contributed by atoms with Gasteiger partial charge < -0.3 is 14.9 Å². The van der Waals surface area contributed by atoms with Crippen LogP contribution in [0.2, 0.25) is 0 Å². The lowest BCUT2D eigenvalue weighted by atomic mass is 9.57. The van der Waals surface area contributed by atoms with Gasteiger partial charge in [-0.05, 0) is 55.4 Å². The molecule has 0 amide bonds. The molecule has 202 valence electrons. The van der Waals surface area contributed by atoms with E-state index in [0.29, 0.717) is 22.5 Å². The lowest BCUT2D eigenvalue weighted by Crippen LogP contribution is -2.62. The Kier molecular flexibility index (Phi) is 6.64. The van der Waals surface area contributed by atoms with Crippen LogP contribution in [0, 0.1) is 10.8 Å². The topological polar surface area (TPSA) is 59.5 Å². The zero-order valence-electron chi connectivity index (χ0n) is 20.2. The van der Waals surface area contributed by atoms with Gasteiger partial charge in [-0.25, -0.2) is 4.98 Å². The zero-order valence-corrected chi connectivity index (χ0v) is 20.2. The van der Waals surface area contributed by atoms with Crippen molar-refractivity contribution >= 4 is 0 Å². The minimum absolute atomic E-state index is 0.116. The van der Waals surface area contributed by atoms with E-state index in [0.717, 1.165) is 75.8 Å². The number of ether oxygens (including phenoxy) is 1. The van der Waals surface area contributed by atoms with Crippen molar-refractivity contribution < 1.29 is 35.9 Å². The van der Waals surface area contributed by atoms with E-state index in [1.165, 1.54) is 12.3 Å². The Labute approximate surface area is 210 Å². The summed E-state index contributed by atoms with van der Waals surface area (Å²) in [6.07, 6.45) is -2.14. The van der Waals surface area contributed by atoms with E-state index in [1.807, 2.05) is 5.06 Å². The van der Waals surface area contributed by atoms with Crippen molar-refractivity contribution in [3.8, 4) is 5.75 Å². The molecule has 0 radical (unpaired) electrons. The van der Waals surface area contributed by atoms with E-state index < -0.39 is 23.7 Å². The summed E-state index contributed by atoms with van der Waals surface area (Å²) < 4.78 is 79.7. The Morgan fingerprint density at radius 1 is 0.838 bits per heavy atom. The Morgan fingerprint density at radius 2 is 1.43 bits per heavy atom. The van der Waals surface area contributed by atoms with Crippen molar-refractivity contribution in [2.45, 2.75) is 50.1 Å². The molecule has 2 saturated heterocycles.